The zero-order valence-corrected chi connectivity index (χ0v) is 11.4. The van der Waals surface area contributed by atoms with Crippen molar-refractivity contribution in [2.45, 2.75) is 12.8 Å². The lowest BCUT2D eigenvalue weighted by Gasteiger charge is -2.34. The van der Waals surface area contributed by atoms with Gasteiger partial charge < -0.3 is 19.6 Å². The van der Waals surface area contributed by atoms with Crippen molar-refractivity contribution in [1.82, 2.24) is 14.9 Å². The Morgan fingerprint density at radius 2 is 1.80 bits per heavy atom. The molecule has 1 saturated carbocycles. The molecule has 0 bridgehead atoms. The van der Waals surface area contributed by atoms with E-state index in [1.54, 1.807) is 0 Å². The van der Waals surface area contributed by atoms with Crippen LogP contribution in [0.5, 0.6) is 5.75 Å². The number of hydrogen-bond donors (Lipinski definition) is 2. The van der Waals surface area contributed by atoms with Gasteiger partial charge in [0.2, 0.25) is 5.95 Å². The number of aromatic nitrogens is 2. The smallest absolute Gasteiger partial charge is 0.509 e. The lowest BCUT2D eigenvalue weighted by atomic mass is 10.2. The van der Waals surface area contributed by atoms with Gasteiger partial charge in [-0.25, -0.2) is 9.97 Å². The first-order chi connectivity index (χ1) is 9.70. The van der Waals surface area contributed by atoms with Crippen molar-refractivity contribution in [2.75, 3.05) is 37.6 Å². The molecule has 1 aromatic heterocycles. The Kier molecular flexibility index (Phi) is 4.04. The van der Waals surface area contributed by atoms with E-state index in [0.717, 1.165) is 32.1 Å². The van der Waals surface area contributed by atoms with Crippen LogP contribution < -0.4 is 9.55 Å². The highest BCUT2D eigenvalue weighted by atomic mass is 16.6. The number of anilines is 1. The summed E-state index contributed by atoms with van der Waals surface area (Å²) in [5.41, 5.74) is 0. The summed E-state index contributed by atoms with van der Waals surface area (Å²) >= 11 is 0. The zero-order valence-electron chi connectivity index (χ0n) is 11.4. The highest BCUT2D eigenvalue weighted by Crippen LogP contribution is 2.30. The molecule has 1 aromatic rings. The fraction of sp³-hybridized carbons (Fsp3) is 0.667. The molecule has 20 heavy (non-hydrogen) atoms. The Bertz CT molecular complexity index is 433. The van der Waals surface area contributed by atoms with Crippen LogP contribution in [-0.4, -0.2) is 65.0 Å². The van der Waals surface area contributed by atoms with Gasteiger partial charge in [-0.2, -0.15) is 0 Å². The molecule has 2 aliphatic rings. The molecule has 7 nitrogen and oxygen atoms in total. The molecule has 0 atom stereocenters. The van der Waals surface area contributed by atoms with E-state index in [1.165, 1.54) is 31.8 Å². The molecule has 0 unspecified atom stereocenters. The maximum atomic E-state index is 8.69. The quantitative estimate of drug-likeness (QED) is 0.693. The third kappa shape index (κ3) is 3.59. The Labute approximate surface area is 118 Å². The van der Waals surface area contributed by atoms with Gasteiger partial charge in [0, 0.05) is 32.7 Å². The minimum atomic E-state index is -1.84. The Morgan fingerprint density at radius 1 is 1.15 bits per heavy atom. The molecule has 2 fully saturated rings. The summed E-state index contributed by atoms with van der Waals surface area (Å²) in [5, 5.41) is 17.4. The van der Waals surface area contributed by atoms with Crippen LogP contribution in [0.3, 0.4) is 0 Å². The molecule has 0 aromatic carbocycles. The predicted molar refractivity (Wildman–Crippen MR) is 74.2 cm³/mol. The summed E-state index contributed by atoms with van der Waals surface area (Å²) < 4.78 is 4.68. The van der Waals surface area contributed by atoms with Gasteiger partial charge in [0.15, 0.2) is 0 Å². The van der Waals surface area contributed by atoms with Gasteiger partial charge in [0.1, 0.15) is 5.75 Å². The molecule has 2 N–H and O–H groups in total. The number of nitrogens with zero attached hydrogens (tertiary/aromatic N) is 4. The largest absolute Gasteiger partial charge is 0.707 e. The highest BCUT2D eigenvalue weighted by molar-refractivity contribution is 6.33. The van der Waals surface area contributed by atoms with Gasteiger partial charge in [-0.1, -0.05) is 0 Å². The number of rotatable bonds is 5. The molecule has 0 spiro atoms. The minimum absolute atomic E-state index is 0.246. The second kappa shape index (κ2) is 5.95. The molecular weight excluding hydrogens is 259 g/mol. The maximum Gasteiger partial charge on any atom is 0.707 e. The van der Waals surface area contributed by atoms with E-state index in [0.29, 0.717) is 5.95 Å². The summed E-state index contributed by atoms with van der Waals surface area (Å²) in [5.74, 6) is 1.84. The van der Waals surface area contributed by atoms with E-state index in [4.69, 9.17) is 10.0 Å². The van der Waals surface area contributed by atoms with Crippen molar-refractivity contribution in [3.8, 4) is 5.75 Å². The molecule has 108 valence electrons. The molecule has 1 aliphatic heterocycles. The van der Waals surface area contributed by atoms with E-state index in [2.05, 4.69) is 24.4 Å². The first-order valence-corrected chi connectivity index (χ1v) is 7.03. The van der Waals surface area contributed by atoms with E-state index >= 15 is 0 Å². The average molecular weight is 278 g/mol. The van der Waals surface area contributed by atoms with Crippen LogP contribution in [0.4, 0.5) is 5.95 Å². The monoisotopic (exact) mass is 278 g/mol. The second-order valence-electron chi connectivity index (χ2n) is 5.39. The lowest BCUT2D eigenvalue weighted by molar-refractivity contribution is 0.247. The summed E-state index contributed by atoms with van der Waals surface area (Å²) in [4.78, 5) is 13.1. The van der Waals surface area contributed by atoms with Gasteiger partial charge in [0.25, 0.3) is 0 Å². The number of piperazine rings is 1. The molecule has 0 radical (unpaired) electrons. The zero-order chi connectivity index (χ0) is 13.9. The first-order valence-electron chi connectivity index (χ1n) is 7.03. The van der Waals surface area contributed by atoms with Crippen LogP contribution in [0.25, 0.3) is 0 Å². The highest BCUT2D eigenvalue weighted by Gasteiger charge is 2.26. The Morgan fingerprint density at radius 3 is 2.35 bits per heavy atom. The van der Waals surface area contributed by atoms with Crippen molar-refractivity contribution in [3.63, 3.8) is 0 Å². The van der Waals surface area contributed by atoms with Crippen molar-refractivity contribution in [2.24, 2.45) is 5.92 Å². The van der Waals surface area contributed by atoms with E-state index in [-0.39, 0.29) is 5.75 Å². The Balaban J connectivity index is 1.51. The van der Waals surface area contributed by atoms with Crippen molar-refractivity contribution >= 4 is 13.3 Å². The molecule has 1 saturated heterocycles. The second-order valence-corrected chi connectivity index (χ2v) is 5.39. The minimum Gasteiger partial charge on any atom is -0.509 e. The van der Waals surface area contributed by atoms with Crippen molar-refractivity contribution in [3.05, 3.63) is 12.4 Å². The van der Waals surface area contributed by atoms with Crippen LogP contribution >= 0.6 is 0 Å². The predicted octanol–water partition coefficient (Wildman–Crippen LogP) is -0.643. The van der Waals surface area contributed by atoms with Crippen LogP contribution in [0.2, 0.25) is 0 Å². The van der Waals surface area contributed by atoms with E-state index < -0.39 is 7.32 Å². The van der Waals surface area contributed by atoms with Crippen LogP contribution in [-0.2, 0) is 0 Å². The number of hydrogen-bond acceptors (Lipinski definition) is 7. The molecule has 2 heterocycles. The van der Waals surface area contributed by atoms with Gasteiger partial charge in [-0.05, 0) is 18.8 Å². The fourth-order valence-electron chi connectivity index (χ4n) is 2.45. The van der Waals surface area contributed by atoms with Crippen LogP contribution in [0, 0.1) is 5.92 Å². The van der Waals surface area contributed by atoms with Crippen molar-refractivity contribution in [1.29, 1.82) is 0 Å². The summed E-state index contributed by atoms with van der Waals surface area (Å²) in [7, 11) is -1.84. The van der Waals surface area contributed by atoms with Gasteiger partial charge in [0.05, 0.1) is 12.4 Å². The molecule has 3 rings (SSSR count). The van der Waals surface area contributed by atoms with Crippen LogP contribution in [0.15, 0.2) is 12.4 Å². The maximum absolute atomic E-state index is 8.69. The third-order valence-electron chi connectivity index (χ3n) is 3.72. The van der Waals surface area contributed by atoms with E-state index in [9.17, 15) is 0 Å². The summed E-state index contributed by atoms with van der Waals surface area (Å²) in [6, 6.07) is 0. The normalized spacial score (nSPS) is 20.0. The molecular formula is C12H19BN4O3. The Hall–Kier alpha value is -1.38. The first kappa shape index (κ1) is 13.6. The summed E-state index contributed by atoms with van der Waals surface area (Å²) in [6.45, 7) is 5.18. The molecule has 0 amide bonds. The van der Waals surface area contributed by atoms with E-state index in [1.807, 2.05) is 0 Å². The third-order valence-corrected chi connectivity index (χ3v) is 3.72. The average Bonchev–Trinajstić information content (AvgIpc) is 3.24. The lowest BCUT2D eigenvalue weighted by Crippen LogP contribution is -2.47. The van der Waals surface area contributed by atoms with Gasteiger partial charge >= 0.3 is 7.32 Å². The SMILES string of the molecule is OB(O)Oc1cnc(N2CCN(CC3CC3)CC2)nc1. The molecule has 8 heteroatoms. The molecule has 1 aliphatic carbocycles. The van der Waals surface area contributed by atoms with Crippen LogP contribution in [0.1, 0.15) is 12.8 Å². The topological polar surface area (TPSA) is 81.9 Å². The van der Waals surface area contributed by atoms with Crippen molar-refractivity contribution < 1.29 is 14.7 Å². The van der Waals surface area contributed by atoms with Gasteiger partial charge in [-0.3, -0.25) is 4.90 Å². The van der Waals surface area contributed by atoms with Gasteiger partial charge in [-0.15, -0.1) is 0 Å². The standard InChI is InChI=1S/C12H19BN4O3/c18-13(19)20-11-7-14-12(15-8-11)17-5-3-16(4-6-17)9-10-1-2-10/h7-8,10,18-19H,1-6,9H2. The summed E-state index contributed by atoms with van der Waals surface area (Å²) in [6.07, 6.45) is 5.69. The fourth-order valence-corrected chi connectivity index (χ4v) is 2.45.